The Hall–Kier alpha value is -3.00. The smallest absolute Gasteiger partial charge is 0.270 e. The number of allylic oxidation sites excluding steroid dienone is 1. The largest absolute Gasteiger partial charge is 0.364 e. The zero-order valence-corrected chi connectivity index (χ0v) is 16.8. The highest BCUT2D eigenvalue weighted by atomic mass is 19.1. The molecule has 4 rings (SSSR count). The molecule has 1 aliphatic carbocycles. The van der Waals surface area contributed by atoms with Crippen LogP contribution in [0.1, 0.15) is 48.2 Å². The van der Waals surface area contributed by atoms with E-state index in [0.29, 0.717) is 0 Å². The first-order valence-electron chi connectivity index (χ1n) is 10.3. The normalized spacial score (nSPS) is 23.8. The van der Waals surface area contributed by atoms with Crippen molar-refractivity contribution in [3.63, 3.8) is 0 Å². The third-order valence-electron chi connectivity index (χ3n) is 6.17. The molecule has 2 atom stereocenters. The molecule has 0 saturated heterocycles. The highest BCUT2D eigenvalue weighted by Gasteiger charge is 2.43. The van der Waals surface area contributed by atoms with E-state index in [-0.39, 0.29) is 17.2 Å². The lowest BCUT2D eigenvalue weighted by molar-refractivity contribution is 0.0990. The average Bonchev–Trinajstić information content (AvgIpc) is 2.75. The van der Waals surface area contributed by atoms with Gasteiger partial charge in [-0.05, 0) is 43.0 Å². The molecule has 5 nitrogen and oxygen atoms in total. The Kier molecular flexibility index (Phi) is 5.66. The van der Waals surface area contributed by atoms with E-state index in [1.54, 1.807) is 18.4 Å². The summed E-state index contributed by atoms with van der Waals surface area (Å²) in [7, 11) is 0. The molecule has 1 aromatic carbocycles. The maximum absolute atomic E-state index is 15.5. The van der Waals surface area contributed by atoms with E-state index in [0.717, 1.165) is 44.2 Å². The number of hydrogen-bond acceptors (Lipinski definition) is 4. The number of dihydropyridines is 1. The Labute approximate surface area is 178 Å². The van der Waals surface area contributed by atoms with Crippen LogP contribution in [-0.4, -0.2) is 23.1 Å². The summed E-state index contributed by atoms with van der Waals surface area (Å²) < 4.78 is 44.4. The first-order valence-corrected chi connectivity index (χ1v) is 10.3. The highest BCUT2D eigenvalue weighted by Crippen LogP contribution is 2.41. The van der Waals surface area contributed by atoms with Gasteiger partial charge in [0.2, 0.25) is 0 Å². The number of benzene rings is 1. The molecule has 2 aromatic rings. The van der Waals surface area contributed by atoms with E-state index in [2.05, 4.69) is 9.98 Å². The van der Waals surface area contributed by atoms with Crippen molar-refractivity contribution in [3.8, 4) is 11.3 Å². The Morgan fingerprint density at radius 1 is 1.10 bits per heavy atom. The SMILES string of the molecule is NC(=O)c1nc(-c2c(F)cccc2F)cc([C@@]2(N)C=CC=NC2C2CCCCC2)c1F. The summed E-state index contributed by atoms with van der Waals surface area (Å²) in [5.74, 6) is -3.84. The number of nitrogens with two attached hydrogens (primary N) is 2. The maximum atomic E-state index is 15.5. The summed E-state index contributed by atoms with van der Waals surface area (Å²) in [5, 5.41) is 0. The van der Waals surface area contributed by atoms with E-state index in [4.69, 9.17) is 11.5 Å². The number of pyridine rings is 1. The summed E-state index contributed by atoms with van der Waals surface area (Å²) in [6.45, 7) is 0. The Morgan fingerprint density at radius 3 is 2.42 bits per heavy atom. The fourth-order valence-electron chi connectivity index (χ4n) is 4.66. The van der Waals surface area contributed by atoms with Gasteiger partial charge in [-0.15, -0.1) is 0 Å². The topological polar surface area (TPSA) is 94.4 Å². The molecule has 0 spiro atoms. The fraction of sp³-hybridized carbons (Fsp3) is 0.348. The highest BCUT2D eigenvalue weighted by molar-refractivity contribution is 5.92. The molecule has 4 N–H and O–H groups in total. The van der Waals surface area contributed by atoms with Gasteiger partial charge < -0.3 is 11.5 Å². The number of primary amides is 1. The molecule has 1 aliphatic heterocycles. The van der Waals surface area contributed by atoms with Crippen LogP contribution >= 0.6 is 0 Å². The molecule has 1 saturated carbocycles. The van der Waals surface area contributed by atoms with Crippen molar-refractivity contribution < 1.29 is 18.0 Å². The zero-order chi connectivity index (χ0) is 22.2. The number of carbonyl (C=O) groups is 1. The van der Waals surface area contributed by atoms with Gasteiger partial charge in [0.15, 0.2) is 11.5 Å². The van der Waals surface area contributed by atoms with Gasteiger partial charge >= 0.3 is 0 Å². The van der Waals surface area contributed by atoms with E-state index >= 15 is 4.39 Å². The van der Waals surface area contributed by atoms with E-state index < -0.39 is 46.2 Å². The van der Waals surface area contributed by atoms with Gasteiger partial charge in [-0.3, -0.25) is 9.79 Å². The van der Waals surface area contributed by atoms with Crippen LogP contribution in [-0.2, 0) is 5.54 Å². The molecule has 2 heterocycles. The molecular weight excluding hydrogens is 405 g/mol. The van der Waals surface area contributed by atoms with Gasteiger partial charge in [-0.1, -0.05) is 31.4 Å². The van der Waals surface area contributed by atoms with Gasteiger partial charge in [-0.25, -0.2) is 18.2 Å². The second kappa shape index (κ2) is 8.26. The van der Waals surface area contributed by atoms with Gasteiger partial charge in [0, 0.05) is 11.8 Å². The van der Waals surface area contributed by atoms with Crippen LogP contribution < -0.4 is 11.5 Å². The van der Waals surface area contributed by atoms with Gasteiger partial charge in [0.1, 0.15) is 11.6 Å². The van der Waals surface area contributed by atoms with E-state index in [1.807, 2.05) is 0 Å². The van der Waals surface area contributed by atoms with Crippen LogP contribution in [0.2, 0.25) is 0 Å². The zero-order valence-electron chi connectivity index (χ0n) is 16.8. The van der Waals surface area contributed by atoms with Gasteiger partial charge in [0.05, 0.1) is 22.8 Å². The summed E-state index contributed by atoms with van der Waals surface area (Å²) in [5.41, 5.74) is 9.09. The monoisotopic (exact) mass is 428 g/mol. The molecule has 1 unspecified atom stereocenters. The minimum Gasteiger partial charge on any atom is -0.364 e. The second-order valence-electron chi connectivity index (χ2n) is 8.11. The first kappa shape index (κ1) is 21.2. The van der Waals surface area contributed by atoms with Crippen molar-refractivity contribution in [2.75, 3.05) is 0 Å². The Balaban J connectivity index is 1.92. The number of nitrogens with zero attached hydrogens (tertiary/aromatic N) is 2. The number of hydrogen-bond donors (Lipinski definition) is 2. The van der Waals surface area contributed by atoms with Crippen molar-refractivity contribution in [2.45, 2.75) is 43.7 Å². The summed E-state index contributed by atoms with van der Waals surface area (Å²) in [6, 6.07) is 4.02. The lowest BCUT2D eigenvalue weighted by Gasteiger charge is -2.41. The van der Waals surface area contributed by atoms with Crippen molar-refractivity contribution in [3.05, 3.63) is 65.1 Å². The molecule has 162 valence electrons. The number of carbonyl (C=O) groups excluding carboxylic acids is 1. The molecule has 1 aromatic heterocycles. The van der Waals surface area contributed by atoms with E-state index in [1.165, 1.54) is 12.1 Å². The van der Waals surface area contributed by atoms with Crippen molar-refractivity contribution in [2.24, 2.45) is 22.4 Å². The molecule has 1 fully saturated rings. The lowest BCUT2D eigenvalue weighted by atomic mass is 9.71. The maximum Gasteiger partial charge on any atom is 0.270 e. The molecule has 31 heavy (non-hydrogen) atoms. The molecule has 0 bridgehead atoms. The number of amides is 1. The Bertz CT molecular complexity index is 1060. The third-order valence-corrected chi connectivity index (χ3v) is 6.17. The van der Waals surface area contributed by atoms with E-state index in [9.17, 15) is 13.6 Å². The average molecular weight is 428 g/mol. The van der Waals surface area contributed by atoms with Gasteiger partial charge in [0.25, 0.3) is 5.91 Å². The quantitative estimate of drug-likeness (QED) is 0.770. The number of aromatic nitrogens is 1. The minimum atomic E-state index is -1.43. The number of rotatable bonds is 4. The molecular formula is C23H23F3N4O. The lowest BCUT2D eigenvalue weighted by Crippen LogP contribution is -2.51. The molecule has 2 aliphatic rings. The number of aliphatic imine (C=N–C) groups is 1. The van der Waals surface area contributed by atoms with Crippen LogP contribution in [0.25, 0.3) is 11.3 Å². The van der Waals surface area contributed by atoms with Crippen molar-refractivity contribution >= 4 is 12.1 Å². The molecule has 8 heteroatoms. The summed E-state index contributed by atoms with van der Waals surface area (Å²) in [4.78, 5) is 20.3. The van der Waals surface area contributed by atoms with Crippen LogP contribution in [0.15, 0.2) is 41.4 Å². The van der Waals surface area contributed by atoms with Crippen LogP contribution in [0.4, 0.5) is 13.2 Å². The summed E-state index contributed by atoms with van der Waals surface area (Å²) in [6.07, 6.45) is 9.78. The molecule has 1 amide bonds. The standard InChI is InChI=1S/C23H23F3N4O/c24-15-8-4-9-16(25)18(15)17-12-14(19(26)20(30-17)22(27)31)23(28)10-5-11-29-21(23)13-6-2-1-3-7-13/h4-5,8-13,21H,1-3,6-7,28H2,(H2,27,31)/t21?,23-/m0/s1. The first-order chi connectivity index (χ1) is 14.8. The van der Waals surface area contributed by atoms with Crippen LogP contribution in [0.5, 0.6) is 0 Å². The van der Waals surface area contributed by atoms with Crippen molar-refractivity contribution in [1.82, 2.24) is 4.98 Å². The third kappa shape index (κ3) is 3.76. The van der Waals surface area contributed by atoms with Gasteiger partial charge in [-0.2, -0.15) is 0 Å². The summed E-state index contributed by atoms with van der Waals surface area (Å²) >= 11 is 0. The van der Waals surface area contributed by atoms with Crippen molar-refractivity contribution in [1.29, 1.82) is 0 Å². The predicted molar refractivity (Wildman–Crippen MR) is 112 cm³/mol. The minimum absolute atomic E-state index is 0.109. The molecule has 0 radical (unpaired) electrons. The predicted octanol–water partition coefficient (Wildman–Crippen LogP) is 4.01. The Morgan fingerprint density at radius 2 is 1.77 bits per heavy atom. The second-order valence-corrected chi connectivity index (χ2v) is 8.11. The number of halogens is 3. The fourth-order valence-corrected chi connectivity index (χ4v) is 4.66. The van der Waals surface area contributed by atoms with Crippen LogP contribution in [0, 0.1) is 23.4 Å². The van der Waals surface area contributed by atoms with Crippen LogP contribution in [0.3, 0.4) is 0 Å².